The van der Waals surface area contributed by atoms with Gasteiger partial charge in [0.15, 0.2) is 5.78 Å². The molecule has 2 aromatic rings. The van der Waals surface area contributed by atoms with Crippen LogP contribution < -0.4 is 5.32 Å². The van der Waals surface area contributed by atoms with Gasteiger partial charge in [-0.15, -0.1) is 0 Å². The van der Waals surface area contributed by atoms with Gasteiger partial charge < -0.3 is 5.32 Å². The first-order valence-electron chi connectivity index (χ1n) is 8.38. The molecule has 1 aliphatic rings. The van der Waals surface area contributed by atoms with E-state index in [1.54, 1.807) is 12.1 Å². The fraction of sp³-hybridized carbons (Fsp3) is 0.300. The van der Waals surface area contributed by atoms with Gasteiger partial charge in [-0.3, -0.25) is 14.5 Å². The third kappa shape index (κ3) is 4.09. The van der Waals surface area contributed by atoms with E-state index in [-0.39, 0.29) is 24.3 Å². The maximum Gasteiger partial charge on any atom is 0.237 e. The van der Waals surface area contributed by atoms with Crippen LogP contribution in [0.2, 0.25) is 0 Å². The van der Waals surface area contributed by atoms with Crippen LogP contribution in [-0.2, 0) is 11.3 Å². The summed E-state index contributed by atoms with van der Waals surface area (Å²) >= 11 is 0. The van der Waals surface area contributed by atoms with Crippen molar-refractivity contribution in [1.82, 2.24) is 10.2 Å². The predicted molar refractivity (Wildman–Crippen MR) is 93.7 cm³/mol. The second-order valence-electron chi connectivity index (χ2n) is 6.12. The summed E-state index contributed by atoms with van der Waals surface area (Å²) in [5.74, 6) is -0.107. The van der Waals surface area contributed by atoms with Crippen LogP contribution in [0.25, 0.3) is 0 Å². The fourth-order valence-electron chi connectivity index (χ4n) is 3.14. The molecule has 0 spiro atoms. The van der Waals surface area contributed by atoms with E-state index in [9.17, 15) is 9.59 Å². The summed E-state index contributed by atoms with van der Waals surface area (Å²) in [7, 11) is 0. The average Bonchev–Trinajstić information content (AvgIpc) is 3.09. The standard InChI is InChI=1S/C20H22N2O2/c23-19(17-10-5-2-6-11-17)14-21-20(24)18-12-7-13-22(18)15-16-8-3-1-4-9-16/h1-6,8-11,18H,7,12-15H2,(H,21,24)/t18-/m0/s1. The van der Waals surface area contributed by atoms with Gasteiger partial charge in [-0.25, -0.2) is 0 Å². The Labute approximate surface area is 142 Å². The first kappa shape index (κ1) is 16.4. The SMILES string of the molecule is O=C(CNC(=O)[C@@H]1CCCN1Cc1ccccc1)c1ccccc1. The highest BCUT2D eigenvalue weighted by molar-refractivity contribution is 5.99. The zero-order chi connectivity index (χ0) is 16.8. The van der Waals surface area contributed by atoms with Gasteiger partial charge in [-0.05, 0) is 24.9 Å². The second-order valence-corrected chi connectivity index (χ2v) is 6.12. The maximum atomic E-state index is 12.5. The summed E-state index contributed by atoms with van der Waals surface area (Å²) in [6.45, 7) is 1.74. The van der Waals surface area contributed by atoms with Crippen LogP contribution in [0.4, 0.5) is 0 Å². The number of benzene rings is 2. The number of hydrogen-bond acceptors (Lipinski definition) is 3. The Bertz CT molecular complexity index is 685. The van der Waals surface area contributed by atoms with Crippen molar-refractivity contribution in [1.29, 1.82) is 0 Å². The highest BCUT2D eigenvalue weighted by atomic mass is 16.2. The van der Waals surface area contributed by atoms with E-state index in [2.05, 4.69) is 22.3 Å². The average molecular weight is 322 g/mol. The van der Waals surface area contributed by atoms with E-state index in [1.807, 2.05) is 36.4 Å². The summed E-state index contributed by atoms with van der Waals surface area (Å²) in [5.41, 5.74) is 1.84. The van der Waals surface area contributed by atoms with Gasteiger partial charge in [0.25, 0.3) is 0 Å². The molecule has 0 unspecified atom stereocenters. The van der Waals surface area contributed by atoms with E-state index in [0.29, 0.717) is 5.56 Å². The van der Waals surface area contributed by atoms with E-state index < -0.39 is 0 Å². The van der Waals surface area contributed by atoms with Gasteiger partial charge in [0.1, 0.15) is 0 Å². The van der Waals surface area contributed by atoms with E-state index in [1.165, 1.54) is 5.56 Å². The molecule has 1 atom stereocenters. The molecule has 0 saturated carbocycles. The molecule has 24 heavy (non-hydrogen) atoms. The molecule has 4 nitrogen and oxygen atoms in total. The van der Waals surface area contributed by atoms with Crippen LogP contribution >= 0.6 is 0 Å². The molecule has 124 valence electrons. The third-order valence-corrected chi connectivity index (χ3v) is 4.41. The lowest BCUT2D eigenvalue weighted by Gasteiger charge is -2.23. The van der Waals surface area contributed by atoms with Gasteiger partial charge in [0, 0.05) is 12.1 Å². The highest BCUT2D eigenvalue weighted by Crippen LogP contribution is 2.20. The normalized spacial score (nSPS) is 17.6. The van der Waals surface area contributed by atoms with Gasteiger partial charge in [0.2, 0.25) is 5.91 Å². The van der Waals surface area contributed by atoms with Crippen molar-refractivity contribution in [3.63, 3.8) is 0 Å². The van der Waals surface area contributed by atoms with Crippen LogP contribution in [0.1, 0.15) is 28.8 Å². The molecule has 0 aliphatic carbocycles. The molecule has 0 bridgehead atoms. The third-order valence-electron chi connectivity index (χ3n) is 4.41. The minimum Gasteiger partial charge on any atom is -0.347 e. The largest absolute Gasteiger partial charge is 0.347 e. The molecule has 1 N–H and O–H groups in total. The van der Waals surface area contributed by atoms with Gasteiger partial charge in [0.05, 0.1) is 12.6 Å². The first-order chi connectivity index (χ1) is 11.7. The molecule has 1 fully saturated rings. The van der Waals surface area contributed by atoms with Crippen LogP contribution in [0.3, 0.4) is 0 Å². The number of rotatable bonds is 6. The lowest BCUT2D eigenvalue weighted by molar-refractivity contribution is -0.125. The highest BCUT2D eigenvalue weighted by Gasteiger charge is 2.30. The van der Waals surface area contributed by atoms with Crippen molar-refractivity contribution in [3.05, 3.63) is 71.8 Å². The number of carbonyl (C=O) groups is 2. The molecule has 0 radical (unpaired) electrons. The van der Waals surface area contributed by atoms with Crippen LogP contribution in [-0.4, -0.2) is 35.7 Å². The summed E-state index contributed by atoms with van der Waals surface area (Å²) in [5, 5.41) is 2.81. The monoisotopic (exact) mass is 322 g/mol. The van der Waals surface area contributed by atoms with Gasteiger partial charge in [-0.1, -0.05) is 60.7 Å². The number of hydrogen-bond donors (Lipinski definition) is 1. The van der Waals surface area contributed by atoms with Gasteiger partial charge >= 0.3 is 0 Å². The Balaban J connectivity index is 1.55. The van der Waals surface area contributed by atoms with Crippen LogP contribution in [0, 0.1) is 0 Å². The maximum absolute atomic E-state index is 12.5. The molecular weight excluding hydrogens is 300 g/mol. The number of nitrogens with zero attached hydrogens (tertiary/aromatic N) is 1. The summed E-state index contributed by atoms with van der Waals surface area (Å²) < 4.78 is 0. The number of nitrogens with one attached hydrogen (secondary N) is 1. The fourth-order valence-corrected chi connectivity index (χ4v) is 3.14. The van der Waals surface area contributed by atoms with Crippen molar-refractivity contribution in [2.75, 3.05) is 13.1 Å². The van der Waals surface area contributed by atoms with E-state index in [0.717, 1.165) is 25.9 Å². The van der Waals surface area contributed by atoms with Crippen molar-refractivity contribution < 1.29 is 9.59 Å². The van der Waals surface area contributed by atoms with E-state index in [4.69, 9.17) is 0 Å². The Hall–Kier alpha value is -2.46. The molecule has 0 aromatic heterocycles. The lowest BCUT2D eigenvalue weighted by Crippen LogP contribution is -2.44. The number of carbonyl (C=O) groups excluding carboxylic acids is 2. The van der Waals surface area contributed by atoms with E-state index >= 15 is 0 Å². The van der Waals surface area contributed by atoms with Crippen LogP contribution in [0.15, 0.2) is 60.7 Å². The molecular formula is C20H22N2O2. The van der Waals surface area contributed by atoms with Crippen molar-refractivity contribution in [3.8, 4) is 0 Å². The molecule has 1 heterocycles. The minimum absolute atomic E-state index is 0.0484. The zero-order valence-corrected chi connectivity index (χ0v) is 13.7. The Kier molecular flexibility index (Phi) is 5.39. The molecule has 4 heteroatoms. The van der Waals surface area contributed by atoms with Crippen LogP contribution in [0.5, 0.6) is 0 Å². The second kappa shape index (κ2) is 7.88. The molecule has 2 aromatic carbocycles. The number of amides is 1. The predicted octanol–water partition coefficient (Wildman–Crippen LogP) is 2.65. The molecule has 1 aliphatic heterocycles. The van der Waals surface area contributed by atoms with Crippen molar-refractivity contribution in [2.45, 2.75) is 25.4 Å². The topological polar surface area (TPSA) is 49.4 Å². The molecule has 1 saturated heterocycles. The Morgan fingerprint density at radius 3 is 2.38 bits per heavy atom. The number of ketones is 1. The number of Topliss-reactive ketones (excluding diaryl/α,β-unsaturated/α-hetero) is 1. The van der Waals surface area contributed by atoms with Crippen molar-refractivity contribution in [2.24, 2.45) is 0 Å². The minimum atomic E-state index is -0.145. The Morgan fingerprint density at radius 1 is 1.00 bits per heavy atom. The van der Waals surface area contributed by atoms with Crippen molar-refractivity contribution >= 4 is 11.7 Å². The summed E-state index contributed by atoms with van der Waals surface area (Å²) in [4.78, 5) is 26.8. The molecule has 3 rings (SSSR count). The molecule has 1 amide bonds. The Morgan fingerprint density at radius 2 is 1.67 bits per heavy atom. The number of likely N-dealkylation sites (tertiary alicyclic amines) is 1. The van der Waals surface area contributed by atoms with Gasteiger partial charge in [-0.2, -0.15) is 0 Å². The quantitative estimate of drug-likeness (QED) is 0.832. The smallest absolute Gasteiger partial charge is 0.237 e. The first-order valence-corrected chi connectivity index (χ1v) is 8.38. The lowest BCUT2D eigenvalue weighted by atomic mass is 10.1. The zero-order valence-electron chi connectivity index (χ0n) is 13.7. The summed E-state index contributed by atoms with van der Waals surface area (Å²) in [6.07, 6.45) is 1.86. The summed E-state index contributed by atoms with van der Waals surface area (Å²) in [6, 6.07) is 19.1.